The van der Waals surface area contributed by atoms with Crippen molar-refractivity contribution in [3.8, 4) is 0 Å². The van der Waals surface area contributed by atoms with Crippen molar-refractivity contribution in [2.45, 2.75) is 19.3 Å². The van der Waals surface area contributed by atoms with Crippen molar-refractivity contribution in [1.29, 1.82) is 0 Å². The van der Waals surface area contributed by atoms with E-state index in [1.807, 2.05) is 17.8 Å². The van der Waals surface area contributed by atoms with Gasteiger partial charge in [-0.25, -0.2) is 4.98 Å². The molecule has 0 amide bonds. The van der Waals surface area contributed by atoms with Gasteiger partial charge in [0.15, 0.2) is 0 Å². The topological polar surface area (TPSA) is 81.1 Å². The second kappa shape index (κ2) is 5.50. The molecule has 84 valence electrons. The normalized spacial score (nSPS) is 12.7. The van der Waals surface area contributed by atoms with Gasteiger partial charge >= 0.3 is 5.97 Å². The molecule has 0 saturated heterocycles. The van der Waals surface area contributed by atoms with E-state index < -0.39 is 5.97 Å². The number of aryl methyl sites for hydroxylation is 2. The maximum absolute atomic E-state index is 10.9. The predicted octanol–water partition coefficient (Wildman–Crippen LogP) is 0.402. The summed E-state index contributed by atoms with van der Waals surface area (Å²) in [5.74, 6) is -0.209. The average Bonchev–Trinajstić information content (AvgIpc) is 2.58. The Morgan fingerprint density at radius 2 is 2.40 bits per heavy atom. The molecule has 15 heavy (non-hydrogen) atoms. The third kappa shape index (κ3) is 3.36. The molecule has 0 spiro atoms. The van der Waals surface area contributed by atoms with Crippen LogP contribution in [0.3, 0.4) is 0 Å². The predicted molar refractivity (Wildman–Crippen MR) is 56.3 cm³/mol. The van der Waals surface area contributed by atoms with Crippen LogP contribution in [0.4, 0.5) is 0 Å². The van der Waals surface area contributed by atoms with E-state index in [0.717, 1.165) is 5.82 Å². The fraction of sp³-hybridized carbons (Fsp3) is 0.600. The van der Waals surface area contributed by atoms with Crippen LogP contribution in [-0.2, 0) is 18.3 Å². The molecule has 0 bridgehead atoms. The molecule has 1 unspecified atom stereocenters. The van der Waals surface area contributed by atoms with Gasteiger partial charge in [0.25, 0.3) is 0 Å². The van der Waals surface area contributed by atoms with Gasteiger partial charge in [-0.05, 0) is 19.4 Å². The first-order valence-electron chi connectivity index (χ1n) is 5.04. The molecule has 0 saturated carbocycles. The number of aromatic nitrogens is 2. The van der Waals surface area contributed by atoms with Crippen LogP contribution < -0.4 is 5.73 Å². The first-order valence-corrected chi connectivity index (χ1v) is 5.04. The summed E-state index contributed by atoms with van der Waals surface area (Å²) in [6.45, 7) is 0.414. The summed E-state index contributed by atoms with van der Waals surface area (Å²) in [7, 11) is 1.90. The van der Waals surface area contributed by atoms with Crippen LogP contribution in [0.15, 0.2) is 12.4 Å². The third-order valence-corrected chi connectivity index (χ3v) is 2.50. The zero-order valence-electron chi connectivity index (χ0n) is 8.89. The first kappa shape index (κ1) is 11.7. The Hall–Kier alpha value is -1.36. The van der Waals surface area contributed by atoms with E-state index in [9.17, 15) is 4.79 Å². The monoisotopic (exact) mass is 211 g/mol. The van der Waals surface area contributed by atoms with E-state index in [4.69, 9.17) is 10.8 Å². The molecule has 1 rings (SSSR count). The molecule has 0 aliphatic carbocycles. The van der Waals surface area contributed by atoms with E-state index in [2.05, 4.69) is 4.98 Å². The third-order valence-electron chi connectivity index (χ3n) is 2.50. The molecule has 1 heterocycles. The van der Waals surface area contributed by atoms with E-state index in [1.54, 1.807) is 6.20 Å². The number of carboxylic acid groups (broad SMARTS) is 1. The molecule has 1 atom stereocenters. The van der Waals surface area contributed by atoms with Crippen molar-refractivity contribution in [2.24, 2.45) is 18.7 Å². The van der Waals surface area contributed by atoms with Crippen molar-refractivity contribution < 1.29 is 9.90 Å². The van der Waals surface area contributed by atoms with E-state index in [1.165, 1.54) is 0 Å². The number of carboxylic acids is 1. The van der Waals surface area contributed by atoms with Crippen LogP contribution in [0.25, 0.3) is 0 Å². The minimum atomic E-state index is -0.769. The van der Waals surface area contributed by atoms with Crippen molar-refractivity contribution in [3.63, 3.8) is 0 Å². The van der Waals surface area contributed by atoms with Gasteiger partial charge in [-0.1, -0.05) is 0 Å². The van der Waals surface area contributed by atoms with Gasteiger partial charge in [0.1, 0.15) is 5.82 Å². The molecular formula is C10H17N3O2. The number of imidazole rings is 1. The van der Waals surface area contributed by atoms with Crippen molar-refractivity contribution in [3.05, 3.63) is 18.2 Å². The molecule has 0 aliphatic heterocycles. The summed E-state index contributed by atoms with van der Waals surface area (Å²) in [6, 6.07) is 0. The minimum absolute atomic E-state index is 0.355. The SMILES string of the molecule is Cn1ccnc1CCC(CCN)C(=O)O. The van der Waals surface area contributed by atoms with Gasteiger partial charge in [-0.2, -0.15) is 0 Å². The number of aliphatic carboxylic acids is 1. The number of carbonyl (C=O) groups is 1. The molecule has 0 fully saturated rings. The van der Waals surface area contributed by atoms with E-state index in [-0.39, 0.29) is 5.92 Å². The molecule has 1 aromatic rings. The van der Waals surface area contributed by atoms with E-state index in [0.29, 0.717) is 25.8 Å². The maximum Gasteiger partial charge on any atom is 0.306 e. The zero-order valence-corrected chi connectivity index (χ0v) is 8.89. The summed E-state index contributed by atoms with van der Waals surface area (Å²) >= 11 is 0. The standard InChI is InChI=1S/C10H17N3O2/c1-13-7-6-12-9(13)3-2-8(4-5-11)10(14)15/h6-8H,2-5,11H2,1H3,(H,14,15). The van der Waals surface area contributed by atoms with Crippen LogP contribution in [-0.4, -0.2) is 27.2 Å². The molecule has 0 radical (unpaired) electrons. The number of nitrogens with zero attached hydrogens (tertiary/aromatic N) is 2. The summed E-state index contributed by atoms with van der Waals surface area (Å²) in [6.07, 6.45) is 5.37. The fourth-order valence-corrected chi connectivity index (χ4v) is 1.53. The lowest BCUT2D eigenvalue weighted by Crippen LogP contribution is -2.19. The Balaban J connectivity index is 2.47. The molecule has 0 aromatic carbocycles. The van der Waals surface area contributed by atoms with Gasteiger partial charge in [0.2, 0.25) is 0 Å². The average molecular weight is 211 g/mol. The van der Waals surface area contributed by atoms with Crippen molar-refractivity contribution in [1.82, 2.24) is 9.55 Å². The highest BCUT2D eigenvalue weighted by Crippen LogP contribution is 2.11. The van der Waals surface area contributed by atoms with Crippen molar-refractivity contribution in [2.75, 3.05) is 6.54 Å². The number of hydrogen-bond acceptors (Lipinski definition) is 3. The largest absolute Gasteiger partial charge is 0.481 e. The molecule has 1 aromatic heterocycles. The Labute approximate surface area is 88.9 Å². The molecule has 5 heteroatoms. The lowest BCUT2D eigenvalue weighted by atomic mass is 9.99. The highest BCUT2D eigenvalue weighted by molar-refractivity contribution is 5.69. The Morgan fingerprint density at radius 3 is 2.87 bits per heavy atom. The second-order valence-corrected chi connectivity index (χ2v) is 3.61. The second-order valence-electron chi connectivity index (χ2n) is 3.61. The Morgan fingerprint density at radius 1 is 1.67 bits per heavy atom. The zero-order chi connectivity index (χ0) is 11.3. The molecule has 5 nitrogen and oxygen atoms in total. The minimum Gasteiger partial charge on any atom is -0.481 e. The van der Waals surface area contributed by atoms with Crippen LogP contribution >= 0.6 is 0 Å². The molecule has 0 aliphatic rings. The van der Waals surface area contributed by atoms with Crippen LogP contribution in [0.5, 0.6) is 0 Å². The van der Waals surface area contributed by atoms with Crippen LogP contribution in [0, 0.1) is 5.92 Å². The highest BCUT2D eigenvalue weighted by Gasteiger charge is 2.16. The van der Waals surface area contributed by atoms with E-state index >= 15 is 0 Å². The smallest absolute Gasteiger partial charge is 0.306 e. The van der Waals surface area contributed by atoms with Gasteiger partial charge < -0.3 is 15.4 Å². The fourth-order valence-electron chi connectivity index (χ4n) is 1.53. The molecule has 3 N–H and O–H groups in total. The summed E-state index contributed by atoms with van der Waals surface area (Å²) in [5.41, 5.74) is 5.36. The number of nitrogens with two attached hydrogens (primary N) is 1. The summed E-state index contributed by atoms with van der Waals surface area (Å²) < 4.78 is 1.90. The van der Waals surface area contributed by atoms with Crippen LogP contribution in [0.2, 0.25) is 0 Å². The van der Waals surface area contributed by atoms with Gasteiger partial charge in [-0.3, -0.25) is 4.79 Å². The van der Waals surface area contributed by atoms with Gasteiger partial charge in [0.05, 0.1) is 5.92 Å². The molecular weight excluding hydrogens is 194 g/mol. The van der Waals surface area contributed by atoms with Crippen LogP contribution in [0.1, 0.15) is 18.7 Å². The summed E-state index contributed by atoms with van der Waals surface area (Å²) in [5, 5.41) is 8.92. The highest BCUT2D eigenvalue weighted by atomic mass is 16.4. The maximum atomic E-state index is 10.9. The number of hydrogen-bond donors (Lipinski definition) is 2. The quantitative estimate of drug-likeness (QED) is 0.713. The van der Waals surface area contributed by atoms with Gasteiger partial charge in [-0.15, -0.1) is 0 Å². The number of rotatable bonds is 6. The van der Waals surface area contributed by atoms with Crippen molar-refractivity contribution >= 4 is 5.97 Å². The summed E-state index contributed by atoms with van der Waals surface area (Å²) in [4.78, 5) is 15.0. The lowest BCUT2D eigenvalue weighted by Gasteiger charge is -2.10. The first-order chi connectivity index (χ1) is 7.15. The Bertz CT molecular complexity index is 322. The van der Waals surface area contributed by atoms with Gasteiger partial charge in [0, 0.05) is 25.9 Å². The Kier molecular flexibility index (Phi) is 4.30. The lowest BCUT2D eigenvalue weighted by molar-refractivity contribution is -0.142.